The van der Waals surface area contributed by atoms with Gasteiger partial charge in [-0.25, -0.2) is 0 Å². The van der Waals surface area contributed by atoms with Gasteiger partial charge in [-0.3, -0.25) is 24.1 Å². The molecule has 4 rings (SSSR count). The molecule has 1 aromatic rings. The molecule has 1 saturated heterocycles. The van der Waals surface area contributed by atoms with E-state index in [2.05, 4.69) is 0 Å². The Bertz CT molecular complexity index is 813. The number of amides is 2. The third-order valence-corrected chi connectivity index (χ3v) is 5.63. The molecular weight excluding hydrogens is 350 g/mol. The quantitative estimate of drug-likeness (QED) is 0.324. The SMILES string of the molecule is COc1ccc(C(=O)COC(=O)CN2C(=O)[C@@H]3[C@H](C2=O)[C@@H]2C=C[C@H]3C2)cc1. The Kier molecular flexibility index (Phi) is 4.30. The molecule has 4 atom stereocenters. The lowest BCUT2D eigenvalue weighted by molar-refractivity contribution is -0.152. The van der Waals surface area contributed by atoms with Crippen LogP contribution in [0.1, 0.15) is 16.8 Å². The molecule has 2 bridgehead atoms. The van der Waals surface area contributed by atoms with Gasteiger partial charge >= 0.3 is 5.97 Å². The van der Waals surface area contributed by atoms with E-state index >= 15 is 0 Å². The number of methoxy groups -OCH3 is 1. The highest BCUT2D eigenvalue weighted by Crippen LogP contribution is 2.52. The van der Waals surface area contributed by atoms with Crippen molar-refractivity contribution in [3.63, 3.8) is 0 Å². The van der Waals surface area contributed by atoms with E-state index in [9.17, 15) is 19.2 Å². The molecule has 0 N–H and O–H groups in total. The van der Waals surface area contributed by atoms with Crippen molar-refractivity contribution in [2.24, 2.45) is 23.7 Å². The molecule has 2 fully saturated rings. The molecule has 2 aliphatic carbocycles. The van der Waals surface area contributed by atoms with Crippen LogP contribution >= 0.6 is 0 Å². The number of hydrogen-bond acceptors (Lipinski definition) is 6. The zero-order valence-electron chi connectivity index (χ0n) is 14.8. The predicted molar refractivity (Wildman–Crippen MR) is 92.7 cm³/mol. The Morgan fingerprint density at radius 3 is 2.19 bits per heavy atom. The molecule has 0 unspecified atom stereocenters. The second-order valence-corrected chi connectivity index (χ2v) is 7.07. The van der Waals surface area contributed by atoms with E-state index in [-0.39, 0.29) is 41.3 Å². The number of Topliss-reactive ketones (excluding diaryl/α,β-unsaturated/α-hetero) is 1. The number of hydrogen-bond donors (Lipinski definition) is 0. The zero-order valence-corrected chi connectivity index (χ0v) is 14.8. The van der Waals surface area contributed by atoms with E-state index in [1.165, 1.54) is 7.11 Å². The highest BCUT2D eigenvalue weighted by atomic mass is 16.5. The van der Waals surface area contributed by atoms with Crippen LogP contribution in [0.25, 0.3) is 0 Å². The van der Waals surface area contributed by atoms with E-state index in [0.717, 1.165) is 11.3 Å². The Hall–Kier alpha value is -2.96. The van der Waals surface area contributed by atoms with Crippen molar-refractivity contribution in [2.45, 2.75) is 6.42 Å². The van der Waals surface area contributed by atoms with Gasteiger partial charge in [0, 0.05) is 5.56 Å². The van der Waals surface area contributed by atoms with E-state index in [1.54, 1.807) is 24.3 Å². The molecule has 1 aromatic carbocycles. The first-order valence-corrected chi connectivity index (χ1v) is 8.86. The lowest BCUT2D eigenvalue weighted by Crippen LogP contribution is -2.38. The average Bonchev–Trinajstić information content (AvgIpc) is 3.36. The first kappa shape index (κ1) is 17.5. The van der Waals surface area contributed by atoms with Gasteiger partial charge in [0.25, 0.3) is 0 Å². The van der Waals surface area contributed by atoms with Crippen LogP contribution in [-0.2, 0) is 19.1 Å². The van der Waals surface area contributed by atoms with Gasteiger partial charge in [0.2, 0.25) is 11.8 Å². The molecule has 27 heavy (non-hydrogen) atoms. The van der Waals surface area contributed by atoms with E-state index in [1.807, 2.05) is 12.2 Å². The van der Waals surface area contributed by atoms with Gasteiger partial charge < -0.3 is 9.47 Å². The minimum absolute atomic E-state index is 0.0918. The smallest absolute Gasteiger partial charge is 0.326 e. The summed E-state index contributed by atoms with van der Waals surface area (Å²) in [5.74, 6) is -1.64. The van der Waals surface area contributed by atoms with Crippen LogP contribution in [0, 0.1) is 23.7 Å². The second kappa shape index (κ2) is 6.64. The third kappa shape index (κ3) is 2.93. The van der Waals surface area contributed by atoms with E-state index in [0.29, 0.717) is 11.3 Å². The van der Waals surface area contributed by atoms with Crippen molar-refractivity contribution >= 4 is 23.6 Å². The lowest BCUT2D eigenvalue weighted by Gasteiger charge is -2.16. The van der Waals surface area contributed by atoms with Gasteiger partial charge in [-0.1, -0.05) is 12.2 Å². The number of carbonyl (C=O) groups excluding carboxylic acids is 4. The summed E-state index contributed by atoms with van der Waals surface area (Å²) in [6.07, 6.45) is 4.82. The number of benzene rings is 1. The standard InChI is InChI=1S/C20H19NO6/c1-26-14-6-4-11(5-7-14)15(22)10-27-16(23)9-21-19(24)17-12-2-3-13(8-12)18(17)20(21)25/h2-7,12-13,17-18H,8-10H2,1H3/t12-,13+,17-,18+. The molecule has 3 aliphatic rings. The summed E-state index contributed by atoms with van der Waals surface area (Å²) in [7, 11) is 1.52. The van der Waals surface area contributed by atoms with Crippen molar-refractivity contribution in [3.05, 3.63) is 42.0 Å². The van der Waals surface area contributed by atoms with Crippen LogP contribution in [0.4, 0.5) is 0 Å². The number of ketones is 1. The normalized spacial score (nSPS) is 27.8. The van der Waals surface area contributed by atoms with Crippen molar-refractivity contribution in [2.75, 3.05) is 20.3 Å². The van der Waals surface area contributed by atoms with Crippen LogP contribution in [0.2, 0.25) is 0 Å². The Morgan fingerprint density at radius 1 is 1.04 bits per heavy atom. The van der Waals surface area contributed by atoms with Crippen LogP contribution in [0.3, 0.4) is 0 Å². The van der Waals surface area contributed by atoms with Gasteiger partial charge in [-0.2, -0.15) is 0 Å². The Balaban J connectivity index is 1.32. The minimum Gasteiger partial charge on any atom is -0.497 e. The van der Waals surface area contributed by atoms with Crippen LogP contribution in [0.15, 0.2) is 36.4 Å². The minimum atomic E-state index is -0.765. The Morgan fingerprint density at radius 2 is 1.63 bits per heavy atom. The highest BCUT2D eigenvalue weighted by Gasteiger charge is 2.59. The van der Waals surface area contributed by atoms with Gasteiger partial charge in [0.05, 0.1) is 18.9 Å². The van der Waals surface area contributed by atoms with Gasteiger partial charge in [0.15, 0.2) is 12.4 Å². The number of nitrogens with zero attached hydrogens (tertiary/aromatic N) is 1. The van der Waals surface area contributed by atoms with Crippen molar-refractivity contribution < 1.29 is 28.7 Å². The summed E-state index contributed by atoms with van der Waals surface area (Å²) in [6, 6.07) is 6.43. The molecule has 1 saturated carbocycles. The van der Waals surface area contributed by atoms with E-state index in [4.69, 9.17) is 9.47 Å². The lowest BCUT2D eigenvalue weighted by atomic mass is 9.85. The van der Waals surface area contributed by atoms with Crippen molar-refractivity contribution in [3.8, 4) is 5.75 Å². The summed E-state index contributed by atoms with van der Waals surface area (Å²) in [6.45, 7) is -0.888. The van der Waals surface area contributed by atoms with E-state index < -0.39 is 19.1 Å². The van der Waals surface area contributed by atoms with Crippen molar-refractivity contribution in [1.82, 2.24) is 4.90 Å². The summed E-state index contributed by atoms with van der Waals surface area (Å²) >= 11 is 0. The molecule has 0 spiro atoms. The highest BCUT2D eigenvalue weighted by molar-refractivity contribution is 6.08. The zero-order chi connectivity index (χ0) is 19.1. The number of allylic oxidation sites excluding steroid dienone is 2. The molecule has 1 heterocycles. The molecule has 0 radical (unpaired) electrons. The number of likely N-dealkylation sites (tertiary alicyclic amines) is 1. The molecule has 0 aromatic heterocycles. The number of ether oxygens (including phenoxy) is 2. The van der Waals surface area contributed by atoms with Crippen LogP contribution in [-0.4, -0.2) is 48.7 Å². The Labute approximate surface area is 155 Å². The maximum absolute atomic E-state index is 12.5. The first-order chi connectivity index (χ1) is 13.0. The van der Waals surface area contributed by atoms with Crippen molar-refractivity contribution in [1.29, 1.82) is 0 Å². The maximum Gasteiger partial charge on any atom is 0.326 e. The fourth-order valence-corrected chi connectivity index (χ4v) is 4.30. The fraction of sp³-hybridized carbons (Fsp3) is 0.400. The summed E-state index contributed by atoms with van der Waals surface area (Å²) < 4.78 is 10.0. The topological polar surface area (TPSA) is 90.0 Å². The molecule has 7 nitrogen and oxygen atoms in total. The monoisotopic (exact) mass is 369 g/mol. The predicted octanol–water partition coefficient (Wildman–Crippen LogP) is 1.23. The third-order valence-electron chi connectivity index (χ3n) is 5.63. The second-order valence-electron chi connectivity index (χ2n) is 7.07. The van der Waals surface area contributed by atoms with Gasteiger partial charge in [-0.05, 0) is 42.5 Å². The molecule has 140 valence electrons. The fourth-order valence-electron chi connectivity index (χ4n) is 4.30. The van der Waals surface area contributed by atoms with Gasteiger partial charge in [-0.15, -0.1) is 0 Å². The number of carbonyl (C=O) groups is 4. The summed E-state index contributed by atoms with van der Waals surface area (Å²) in [4.78, 5) is 50.2. The number of fused-ring (bicyclic) bond motifs is 5. The molecule has 7 heteroatoms. The summed E-state index contributed by atoms with van der Waals surface area (Å²) in [5, 5.41) is 0. The molecule has 1 aliphatic heterocycles. The van der Waals surface area contributed by atoms with Crippen LogP contribution in [0.5, 0.6) is 5.75 Å². The number of imide groups is 1. The first-order valence-electron chi connectivity index (χ1n) is 8.86. The molecular formula is C20H19NO6. The average molecular weight is 369 g/mol. The van der Waals surface area contributed by atoms with Gasteiger partial charge in [0.1, 0.15) is 12.3 Å². The largest absolute Gasteiger partial charge is 0.497 e. The van der Waals surface area contributed by atoms with Crippen LogP contribution < -0.4 is 4.74 Å². The number of rotatable bonds is 6. The number of esters is 1. The maximum atomic E-state index is 12.5. The molecule has 2 amide bonds. The summed E-state index contributed by atoms with van der Waals surface area (Å²) in [5.41, 5.74) is 0.383.